The van der Waals surface area contributed by atoms with Gasteiger partial charge in [0.1, 0.15) is 0 Å². The van der Waals surface area contributed by atoms with Crippen LogP contribution in [0.4, 0.5) is 0 Å². The van der Waals surface area contributed by atoms with Gasteiger partial charge in [-0.3, -0.25) is 0 Å². The second-order valence-electron chi connectivity index (χ2n) is 5.40. The van der Waals surface area contributed by atoms with Gasteiger partial charge in [0.05, 0.1) is 11.7 Å². The van der Waals surface area contributed by atoms with E-state index in [1.54, 1.807) is 6.92 Å². The Bertz CT molecular complexity index is 189. The molecule has 1 fully saturated rings. The van der Waals surface area contributed by atoms with Crippen LogP contribution < -0.4 is 0 Å². The third kappa shape index (κ3) is 2.12. The molecule has 2 N–H and O–H groups in total. The molecule has 0 aromatic rings. The van der Waals surface area contributed by atoms with Crippen molar-refractivity contribution in [1.82, 2.24) is 0 Å². The molecule has 0 radical (unpaired) electrons. The lowest BCUT2D eigenvalue weighted by Crippen LogP contribution is -2.52. The van der Waals surface area contributed by atoms with Crippen LogP contribution in [0.2, 0.25) is 0 Å². The predicted octanol–water partition coefficient (Wildman–Crippen LogP) is 2.19. The lowest BCUT2D eigenvalue weighted by Gasteiger charge is -2.46. The Morgan fingerprint density at radius 3 is 2.21 bits per heavy atom. The van der Waals surface area contributed by atoms with Gasteiger partial charge in [-0.2, -0.15) is 0 Å². The van der Waals surface area contributed by atoms with Crippen molar-refractivity contribution in [3.8, 4) is 0 Å². The minimum Gasteiger partial charge on any atom is -0.390 e. The number of hydrogen-bond donors (Lipinski definition) is 2. The molecule has 0 bridgehead atoms. The first-order valence-corrected chi connectivity index (χ1v) is 5.78. The van der Waals surface area contributed by atoms with Gasteiger partial charge in [0.15, 0.2) is 0 Å². The van der Waals surface area contributed by atoms with E-state index in [2.05, 4.69) is 20.8 Å². The SMILES string of the molecule is CC1CCC(C(C)C)C(O)(C(C)O)C1. The van der Waals surface area contributed by atoms with Crippen LogP contribution >= 0.6 is 0 Å². The topological polar surface area (TPSA) is 40.5 Å². The van der Waals surface area contributed by atoms with Crippen LogP contribution in [0.1, 0.15) is 47.0 Å². The van der Waals surface area contributed by atoms with Crippen molar-refractivity contribution in [2.24, 2.45) is 17.8 Å². The normalized spacial score (nSPS) is 41.4. The molecule has 0 aliphatic heterocycles. The number of rotatable bonds is 2. The molecule has 2 heteroatoms. The average Bonchev–Trinajstić information content (AvgIpc) is 2.02. The molecule has 0 saturated heterocycles. The van der Waals surface area contributed by atoms with Crippen LogP contribution in [0.15, 0.2) is 0 Å². The van der Waals surface area contributed by atoms with E-state index in [4.69, 9.17) is 0 Å². The summed E-state index contributed by atoms with van der Waals surface area (Å²) in [4.78, 5) is 0. The Morgan fingerprint density at radius 1 is 1.21 bits per heavy atom. The highest BCUT2D eigenvalue weighted by Crippen LogP contribution is 2.42. The maximum atomic E-state index is 10.5. The first-order chi connectivity index (χ1) is 6.38. The van der Waals surface area contributed by atoms with Crippen molar-refractivity contribution >= 4 is 0 Å². The van der Waals surface area contributed by atoms with Gasteiger partial charge in [-0.15, -0.1) is 0 Å². The molecule has 14 heavy (non-hydrogen) atoms. The van der Waals surface area contributed by atoms with Gasteiger partial charge in [0, 0.05) is 0 Å². The second kappa shape index (κ2) is 4.19. The number of aliphatic hydroxyl groups is 2. The van der Waals surface area contributed by atoms with Crippen molar-refractivity contribution in [2.45, 2.75) is 58.7 Å². The van der Waals surface area contributed by atoms with E-state index in [-0.39, 0.29) is 5.92 Å². The molecule has 1 saturated carbocycles. The largest absolute Gasteiger partial charge is 0.390 e. The molecule has 1 aliphatic carbocycles. The highest BCUT2D eigenvalue weighted by Gasteiger charge is 2.45. The monoisotopic (exact) mass is 200 g/mol. The van der Waals surface area contributed by atoms with Gasteiger partial charge < -0.3 is 10.2 Å². The quantitative estimate of drug-likeness (QED) is 0.717. The fraction of sp³-hybridized carbons (Fsp3) is 1.00. The molecule has 4 atom stereocenters. The Morgan fingerprint density at radius 2 is 1.79 bits per heavy atom. The van der Waals surface area contributed by atoms with Crippen LogP contribution in [-0.4, -0.2) is 21.9 Å². The molecule has 1 rings (SSSR count). The van der Waals surface area contributed by atoms with E-state index in [0.29, 0.717) is 11.8 Å². The smallest absolute Gasteiger partial charge is 0.0935 e. The van der Waals surface area contributed by atoms with Crippen LogP contribution in [0.5, 0.6) is 0 Å². The Kier molecular flexibility index (Phi) is 3.59. The third-order valence-corrected chi connectivity index (χ3v) is 3.82. The van der Waals surface area contributed by atoms with Crippen molar-refractivity contribution in [2.75, 3.05) is 0 Å². The summed E-state index contributed by atoms with van der Waals surface area (Å²) in [6.07, 6.45) is 2.35. The third-order valence-electron chi connectivity index (χ3n) is 3.82. The standard InChI is InChI=1S/C12H24O2/c1-8(2)11-6-5-9(3)7-12(11,14)10(4)13/h8-11,13-14H,5-7H2,1-4H3. The molecule has 0 amide bonds. The van der Waals surface area contributed by atoms with E-state index in [9.17, 15) is 10.2 Å². The molecule has 1 aliphatic rings. The Labute approximate surface area is 87.3 Å². The second-order valence-corrected chi connectivity index (χ2v) is 5.40. The van der Waals surface area contributed by atoms with Gasteiger partial charge in [0.2, 0.25) is 0 Å². The van der Waals surface area contributed by atoms with Gasteiger partial charge in [-0.05, 0) is 37.5 Å². The molecule has 4 unspecified atom stereocenters. The van der Waals surface area contributed by atoms with Gasteiger partial charge in [-0.25, -0.2) is 0 Å². The first kappa shape index (κ1) is 12.0. The highest BCUT2D eigenvalue weighted by molar-refractivity contribution is 4.96. The summed E-state index contributed by atoms with van der Waals surface area (Å²) in [5, 5.41) is 20.2. The van der Waals surface area contributed by atoms with Crippen LogP contribution in [0.25, 0.3) is 0 Å². The fourth-order valence-corrected chi connectivity index (χ4v) is 2.92. The summed E-state index contributed by atoms with van der Waals surface area (Å²) >= 11 is 0. The lowest BCUT2D eigenvalue weighted by molar-refractivity contribution is -0.147. The predicted molar refractivity (Wildman–Crippen MR) is 58.0 cm³/mol. The molecule has 0 aromatic carbocycles. The summed E-state index contributed by atoms with van der Waals surface area (Å²) in [5.41, 5.74) is -0.855. The number of hydrogen-bond acceptors (Lipinski definition) is 2. The zero-order chi connectivity index (χ0) is 10.9. The van der Waals surface area contributed by atoms with E-state index in [0.717, 1.165) is 12.8 Å². The van der Waals surface area contributed by atoms with Gasteiger partial charge >= 0.3 is 0 Å². The maximum absolute atomic E-state index is 10.5. The molecular weight excluding hydrogens is 176 g/mol. The van der Waals surface area contributed by atoms with Crippen molar-refractivity contribution < 1.29 is 10.2 Å². The Balaban J connectivity index is 2.83. The zero-order valence-corrected chi connectivity index (χ0v) is 9.83. The molecule has 0 heterocycles. The average molecular weight is 200 g/mol. The van der Waals surface area contributed by atoms with Gasteiger partial charge in [0.25, 0.3) is 0 Å². The van der Waals surface area contributed by atoms with E-state index >= 15 is 0 Å². The zero-order valence-electron chi connectivity index (χ0n) is 9.83. The molecule has 2 nitrogen and oxygen atoms in total. The molecule has 0 spiro atoms. The van der Waals surface area contributed by atoms with Crippen LogP contribution in [0, 0.1) is 17.8 Å². The van der Waals surface area contributed by atoms with Crippen LogP contribution in [-0.2, 0) is 0 Å². The summed E-state index contributed by atoms with van der Waals surface area (Å²) in [5.74, 6) is 1.23. The Hall–Kier alpha value is -0.0800. The molecule has 84 valence electrons. The summed E-state index contributed by atoms with van der Waals surface area (Å²) in [6, 6.07) is 0. The van der Waals surface area contributed by atoms with Crippen molar-refractivity contribution in [3.05, 3.63) is 0 Å². The van der Waals surface area contributed by atoms with E-state index in [1.807, 2.05) is 0 Å². The first-order valence-electron chi connectivity index (χ1n) is 5.78. The molecular formula is C12H24O2. The van der Waals surface area contributed by atoms with Crippen molar-refractivity contribution in [3.63, 3.8) is 0 Å². The lowest BCUT2D eigenvalue weighted by atomic mass is 9.65. The summed E-state index contributed by atoms with van der Waals surface area (Å²) in [6.45, 7) is 8.14. The molecule has 0 aromatic heterocycles. The summed E-state index contributed by atoms with van der Waals surface area (Å²) in [7, 11) is 0. The number of aliphatic hydroxyl groups excluding tert-OH is 1. The highest BCUT2D eigenvalue weighted by atomic mass is 16.3. The van der Waals surface area contributed by atoms with E-state index in [1.165, 1.54) is 6.42 Å². The van der Waals surface area contributed by atoms with Crippen LogP contribution in [0.3, 0.4) is 0 Å². The summed E-state index contributed by atoms with van der Waals surface area (Å²) < 4.78 is 0. The van der Waals surface area contributed by atoms with E-state index < -0.39 is 11.7 Å². The minimum absolute atomic E-state index is 0.249. The minimum atomic E-state index is -0.855. The van der Waals surface area contributed by atoms with Gasteiger partial charge in [-0.1, -0.05) is 27.2 Å². The maximum Gasteiger partial charge on any atom is 0.0935 e. The fourth-order valence-electron chi connectivity index (χ4n) is 2.92. The van der Waals surface area contributed by atoms with Crippen molar-refractivity contribution in [1.29, 1.82) is 0 Å².